The highest BCUT2D eigenvalue weighted by Gasteiger charge is 2.30. The summed E-state index contributed by atoms with van der Waals surface area (Å²) >= 11 is 0. The van der Waals surface area contributed by atoms with E-state index in [1.54, 1.807) is 49.5 Å². The van der Waals surface area contributed by atoms with Crippen LogP contribution in [0, 0.1) is 6.92 Å². The molecule has 0 spiro atoms. The molecule has 5 rings (SSSR count). The molecule has 0 saturated carbocycles. The summed E-state index contributed by atoms with van der Waals surface area (Å²) in [5.41, 5.74) is 2.18. The minimum Gasteiger partial charge on any atom is -0.454 e. The van der Waals surface area contributed by atoms with Crippen molar-refractivity contribution in [2.24, 2.45) is 0 Å². The van der Waals surface area contributed by atoms with Gasteiger partial charge in [0.25, 0.3) is 0 Å². The van der Waals surface area contributed by atoms with Crippen molar-refractivity contribution in [3.63, 3.8) is 0 Å². The maximum absolute atomic E-state index is 12.8. The second-order valence-corrected chi connectivity index (χ2v) is 6.80. The smallest absolute Gasteiger partial charge is 0.345 e. The number of carbonyl (C=O) groups is 2. The summed E-state index contributed by atoms with van der Waals surface area (Å²) in [6.07, 6.45) is 4.64. The Morgan fingerprint density at radius 1 is 1.10 bits per heavy atom. The third-order valence-electron chi connectivity index (χ3n) is 4.75. The third-order valence-corrected chi connectivity index (χ3v) is 4.75. The lowest BCUT2D eigenvalue weighted by molar-refractivity contribution is 0.0734. The molecule has 3 aromatic rings. The van der Waals surface area contributed by atoms with Crippen LogP contribution < -0.4 is 18.9 Å². The molecule has 0 radical (unpaired) electrons. The summed E-state index contributed by atoms with van der Waals surface area (Å²) in [6, 6.07) is 11.8. The number of benzene rings is 2. The van der Waals surface area contributed by atoms with Gasteiger partial charge in [0.2, 0.25) is 12.6 Å². The Kier molecular flexibility index (Phi) is 4.21. The number of allylic oxidation sites excluding steroid dienone is 1. The van der Waals surface area contributed by atoms with E-state index in [0.717, 1.165) is 5.56 Å². The van der Waals surface area contributed by atoms with Crippen LogP contribution in [0.2, 0.25) is 0 Å². The maximum atomic E-state index is 12.8. The molecule has 30 heavy (non-hydrogen) atoms. The average Bonchev–Trinajstić information content (AvgIpc) is 3.33. The van der Waals surface area contributed by atoms with E-state index in [1.165, 1.54) is 12.3 Å². The molecule has 0 saturated heterocycles. The number of carbonyl (C=O) groups excluding carboxylic acids is 2. The SMILES string of the molecule is Cc1cc(OC(=O)c2cccnc2)cc2c1C(=O)/C(=C/c1ccc3c(c1)OCO3)O2. The van der Waals surface area contributed by atoms with Crippen molar-refractivity contribution in [1.29, 1.82) is 0 Å². The second-order valence-electron chi connectivity index (χ2n) is 6.80. The fourth-order valence-electron chi connectivity index (χ4n) is 3.34. The highest BCUT2D eigenvalue weighted by molar-refractivity contribution is 6.15. The van der Waals surface area contributed by atoms with Gasteiger partial charge in [0.15, 0.2) is 17.3 Å². The molecule has 2 aliphatic heterocycles. The number of nitrogens with zero attached hydrogens (tertiary/aromatic N) is 1. The highest BCUT2D eigenvalue weighted by atomic mass is 16.7. The average molecular weight is 401 g/mol. The van der Waals surface area contributed by atoms with Crippen molar-refractivity contribution in [2.75, 3.05) is 6.79 Å². The molecule has 3 heterocycles. The first kappa shape index (κ1) is 17.9. The Labute approximate surface area is 171 Å². The molecule has 0 fully saturated rings. The number of aryl methyl sites for hydroxylation is 1. The van der Waals surface area contributed by atoms with Crippen molar-refractivity contribution in [1.82, 2.24) is 4.98 Å². The van der Waals surface area contributed by atoms with E-state index in [1.807, 2.05) is 6.07 Å². The van der Waals surface area contributed by atoms with Crippen LogP contribution in [-0.4, -0.2) is 23.5 Å². The third kappa shape index (κ3) is 3.16. The number of ether oxygens (including phenoxy) is 4. The Morgan fingerprint density at radius 3 is 2.80 bits per heavy atom. The lowest BCUT2D eigenvalue weighted by atomic mass is 10.0. The first-order valence-electron chi connectivity index (χ1n) is 9.19. The van der Waals surface area contributed by atoms with E-state index in [-0.39, 0.29) is 24.1 Å². The van der Waals surface area contributed by atoms with Gasteiger partial charge in [0.1, 0.15) is 11.5 Å². The predicted octanol–water partition coefficient (Wildman–Crippen LogP) is 3.95. The molecule has 2 aromatic carbocycles. The van der Waals surface area contributed by atoms with E-state index < -0.39 is 5.97 Å². The summed E-state index contributed by atoms with van der Waals surface area (Å²) in [5.74, 6) is 1.33. The van der Waals surface area contributed by atoms with Crippen LogP contribution in [0.3, 0.4) is 0 Å². The normalized spacial score (nSPS) is 15.1. The Morgan fingerprint density at radius 2 is 1.97 bits per heavy atom. The number of hydrogen-bond donors (Lipinski definition) is 0. The molecule has 2 aliphatic rings. The molecule has 0 amide bonds. The van der Waals surface area contributed by atoms with E-state index in [4.69, 9.17) is 18.9 Å². The first-order chi connectivity index (χ1) is 14.6. The number of rotatable bonds is 3. The van der Waals surface area contributed by atoms with Crippen molar-refractivity contribution in [3.05, 3.63) is 82.9 Å². The second kappa shape index (κ2) is 7.04. The number of ketones is 1. The molecule has 0 atom stereocenters. The number of aromatic nitrogens is 1. The Balaban J connectivity index is 1.42. The number of hydrogen-bond acceptors (Lipinski definition) is 7. The largest absolute Gasteiger partial charge is 0.454 e. The van der Waals surface area contributed by atoms with Crippen molar-refractivity contribution in [3.8, 4) is 23.0 Å². The highest BCUT2D eigenvalue weighted by Crippen LogP contribution is 2.39. The van der Waals surface area contributed by atoms with E-state index >= 15 is 0 Å². The maximum Gasteiger partial charge on any atom is 0.345 e. The van der Waals surface area contributed by atoms with E-state index in [2.05, 4.69) is 4.98 Å². The van der Waals surface area contributed by atoms with Gasteiger partial charge in [-0.1, -0.05) is 6.07 Å². The summed E-state index contributed by atoms with van der Waals surface area (Å²) in [4.78, 5) is 29.0. The van der Waals surface area contributed by atoms with Crippen LogP contribution in [0.5, 0.6) is 23.0 Å². The minimum atomic E-state index is -0.539. The number of Topliss-reactive ketones (excluding diaryl/α,β-unsaturated/α-hetero) is 1. The zero-order valence-electron chi connectivity index (χ0n) is 15.9. The van der Waals surface area contributed by atoms with Gasteiger partial charge in [0, 0.05) is 18.5 Å². The zero-order valence-corrected chi connectivity index (χ0v) is 15.9. The molecule has 7 nitrogen and oxygen atoms in total. The van der Waals surface area contributed by atoms with Crippen LogP contribution >= 0.6 is 0 Å². The van der Waals surface area contributed by atoms with Gasteiger partial charge in [-0.2, -0.15) is 0 Å². The molecule has 148 valence electrons. The van der Waals surface area contributed by atoms with Gasteiger partial charge in [0.05, 0.1) is 11.1 Å². The van der Waals surface area contributed by atoms with Gasteiger partial charge >= 0.3 is 5.97 Å². The van der Waals surface area contributed by atoms with Gasteiger partial charge < -0.3 is 18.9 Å². The number of fused-ring (bicyclic) bond motifs is 2. The molecular weight excluding hydrogens is 386 g/mol. The van der Waals surface area contributed by atoms with Crippen molar-refractivity contribution >= 4 is 17.8 Å². The predicted molar refractivity (Wildman–Crippen MR) is 106 cm³/mol. The lowest BCUT2D eigenvalue weighted by Crippen LogP contribution is -2.09. The summed E-state index contributed by atoms with van der Waals surface area (Å²) in [5, 5.41) is 0. The zero-order chi connectivity index (χ0) is 20.7. The van der Waals surface area contributed by atoms with Crippen LogP contribution in [-0.2, 0) is 0 Å². The molecule has 0 bridgehead atoms. The van der Waals surface area contributed by atoms with Gasteiger partial charge in [-0.3, -0.25) is 9.78 Å². The summed E-state index contributed by atoms with van der Waals surface area (Å²) in [7, 11) is 0. The van der Waals surface area contributed by atoms with Crippen LogP contribution in [0.15, 0.2) is 60.6 Å². The molecule has 0 N–H and O–H groups in total. The fourth-order valence-corrected chi connectivity index (χ4v) is 3.34. The van der Waals surface area contributed by atoms with Crippen LogP contribution in [0.1, 0.15) is 31.8 Å². The van der Waals surface area contributed by atoms with Crippen molar-refractivity contribution < 1.29 is 28.5 Å². The Bertz CT molecular complexity index is 1220. The molecule has 1 aromatic heterocycles. The molecular formula is C23H15NO6. The topological polar surface area (TPSA) is 84.0 Å². The Hall–Kier alpha value is -4.13. The minimum absolute atomic E-state index is 0.177. The van der Waals surface area contributed by atoms with Gasteiger partial charge in [-0.25, -0.2) is 4.79 Å². The van der Waals surface area contributed by atoms with Crippen molar-refractivity contribution in [2.45, 2.75) is 6.92 Å². The summed E-state index contributed by atoms with van der Waals surface area (Å²) in [6.45, 7) is 1.95. The summed E-state index contributed by atoms with van der Waals surface area (Å²) < 4.78 is 21.9. The quantitative estimate of drug-likeness (QED) is 0.373. The first-order valence-corrected chi connectivity index (χ1v) is 9.19. The monoisotopic (exact) mass is 401 g/mol. The van der Waals surface area contributed by atoms with E-state index in [9.17, 15) is 9.59 Å². The van der Waals surface area contributed by atoms with Crippen LogP contribution in [0.25, 0.3) is 6.08 Å². The lowest BCUT2D eigenvalue weighted by Gasteiger charge is -2.07. The molecule has 0 unspecified atom stereocenters. The van der Waals surface area contributed by atoms with Gasteiger partial charge in [-0.05, 0) is 54.5 Å². The molecule has 0 aliphatic carbocycles. The standard InChI is InChI=1S/C23H15NO6/c1-13-7-16(29-23(26)15-3-2-6-24-11-15)10-19-21(13)22(25)20(30-19)9-14-4-5-17-18(8-14)28-12-27-17/h2-11H,12H2,1H3/b20-9-. The van der Waals surface area contributed by atoms with Gasteiger partial charge in [-0.15, -0.1) is 0 Å². The number of pyridine rings is 1. The number of esters is 1. The molecule has 7 heteroatoms. The fraction of sp³-hybridized carbons (Fsp3) is 0.0870. The van der Waals surface area contributed by atoms with Crippen LogP contribution in [0.4, 0.5) is 0 Å². The van der Waals surface area contributed by atoms with E-state index in [0.29, 0.717) is 33.9 Å².